The summed E-state index contributed by atoms with van der Waals surface area (Å²) in [6.07, 6.45) is -0.0189. The normalized spacial score (nSPS) is 12.8. The van der Waals surface area contributed by atoms with Gasteiger partial charge in [0.15, 0.2) is 0 Å². The standard InChI is InChI=1S/C17H24N2O2/c1-12(2)18-10-14-9-17(21-13(3)11-20-4)19-16-8-6-5-7-15(14)16/h5-9,12-13,18H,10-11H2,1-4H3. The predicted molar refractivity (Wildman–Crippen MR) is 85.7 cm³/mol. The van der Waals surface area contributed by atoms with E-state index in [0.717, 1.165) is 17.4 Å². The van der Waals surface area contributed by atoms with Crippen LogP contribution < -0.4 is 10.1 Å². The summed E-state index contributed by atoms with van der Waals surface area (Å²) in [5, 5.41) is 4.62. The SMILES string of the molecule is COCC(C)Oc1cc(CNC(C)C)c2ccccc2n1. The molecule has 1 N–H and O–H groups in total. The number of methoxy groups -OCH3 is 1. The Hall–Kier alpha value is -1.65. The van der Waals surface area contributed by atoms with Crippen molar-refractivity contribution in [1.29, 1.82) is 0 Å². The second kappa shape index (κ2) is 7.38. The zero-order valence-corrected chi connectivity index (χ0v) is 13.2. The molecule has 2 rings (SSSR count). The molecule has 0 saturated carbocycles. The van der Waals surface area contributed by atoms with E-state index in [1.165, 1.54) is 5.56 Å². The number of ether oxygens (including phenoxy) is 2. The molecule has 114 valence electrons. The first-order chi connectivity index (χ1) is 10.1. The summed E-state index contributed by atoms with van der Waals surface area (Å²) < 4.78 is 11.0. The van der Waals surface area contributed by atoms with Gasteiger partial charge in [-0.1, -0.05) is 32.0 Å². The molecule has 4 heteroatoms. The van der Waals surface area contributed by atoms with Gasteiger partial charge in [-0.25, -0.2) is 4.98 Å². The van der Waals surface area contributed by atoms with Gasteiger partial charge in [-0.3, -0.25) is 0 Å². The fraction of sp³-hybridized carbons (Fsp3) is 0.471. The van der Waals surface area contributed by atoms with Crippen LogP contribution in [-0.4, -0.2) is 30.8 Å². The smallest absolute Gasteiger partial charge is 0.214 e. The molecule has 1 heterocycles. The molecule has 0 bridgehead atoms. The summed E-state index contributed by atoms with van der Waals surface area (Å²) in [7, 11) is 1.67. The number of nitrogens with zero attached hydrogens (tertiary/aromatic N) is 1. The topological polar surface area (TPSA) is 43.4 Å². The van der Waals surface area contributed by atoms with E-state index in [-0.39, 0.29) is 6.10 Å². The molecule has 0 radical (unpaired) electrons. The van der Waals surface area contributed by atoms with E-state index in [2.05, 4.69) is 30.2 Å². The highest BCUT2D eigenvalue weighted by Crippen LogP contribution is 2.22. The fourth-order valence-electron chi connectivity index (χ4n) is 2.22. The van der Waals surface area contributed by atoms with Crippen molar-refractivity contribution in [3.05, 3.63) is 35.9 Å². The summed E-state index contributed by atoms with van der Waals surface area (Å²) in [6.45, 7) is 7.61. The maximum atomic E-state index is 5.85. The van der Waals surface area contributed by atoms with Crippen molar-refractivity contribution in [2.45, 2.75) is 39.5 Å². The first kappa shape index (κ1) is 15.7. The molecule has 0 spiro atoms. The molecule has 1 unspecified atom stereocenters. The molecule has 1 atom stereocenters. The molecular formula is C17H24N2O2. The zero-order chi connectivity index (χ0) is 15.2. The van der Waals surface area contributed by atoms with Gasteiger partial charge >= 0.3 is 0 Å². The second-order valence-corrected chi connectivity index (χ2v) is 5.56. The number of pyridine rings is 1. The highest BCUT2D eigenvalue weighted by Gasteiger charge is 2.10. The zero-order valence-electron chi connectivity index (χ0n) is 13.2. The van der Waals surface area contributed by atoms with Gasteiger partial charge in [-0.15, -0.1) is 0 Å². The van der Waals surface area contributed by atoms with E-state index in [1.54, 1.807) is 7.11 Å². The van der Waals surface area contributed by atoms with Crippen LogP contribution in [0.4, 0.5) is 0 Å². The lowest BCUT2D eigenvalue weighted by Crippen LogP contribution is -2.22. The van der Waals surface area contributed by atoms with E-state index in [9.17, 15) is 0 Å². The van der Waals surface area contributed by atoms with Crippen molar-refractivity contribution in [1.82, 2.24) is 10.3 Å². The van der Waals surface area contributed by atoms with Gasteiger partial charge in [-0.2, -0.15) is 0 Å². The average Bonchev–Trinajstić information content (AvgIpc) is 2.44. The van der Waals surface area contributed by atoms with E-state index < -0.39 is 0 Å². The minimum Gasteiger partial charge on any atom is -0.472 e. The Labute approximate surface area is 126 Å². The number of rotatable bonds is 7. The third-order valence-corrected chi connectivity index (χ3v) is 3.20. The van der Waals surface area contributed by atoms with Gasteiger partial charge in [0.05, 0.1) is 12.1 Å². The number of fused-ring (bicyclic) bond motifs is 1. The van der Waals surface area contributed by atoms with Crippen molar-refractivity contribution in [2.75, 3.05) is 13.7 Å². The molecule has 4 nitrogen and oxygen atoms in total. The molecule has 0 aliphatic heterocycles. The van der Waals surface area contributed by atoms with Gasteiger partial charge in [0.1, 0.15) is 6.10 Å². The second-order valence-electron chi connectivity index (χ2n) is 5.56. The number of hydrogen-bond acceptors (Lipinski definition) is 4. The molecule has 0 saturated heterocycles. The molecule has 0 aliphatic carbocycles. The van der Waals surface area contributed by atoms with Crippen molar-refractivity contribution in [2.24, 2.45) is 0 Å². The molecule has 1 aromatic carbocycles. The molecule has 21 heavy (non-hydrogen) atoms. The highest BCUT2D eigenvalue weighted by atomic mass is 16.5. The fourth-order valence-corrected chi connectivity index (χ4v) is 2.22. The summed E-state index contributed by atoms with van der Waals surface area (Å²) in [5.41, 5.74) is 2.16. The van der Waals surface area contributed by atoms with Crippen LogP contribution in [0.15, 0.2) is 30.3 Å². The van der Waals surface area contributed by atoms with Crippen LogP contribution in [0.3, 0.4) is 0 Å². The van der Waals surface area contributed by atoms with Crippen molar-refractivity contribution in [3.63, 3.8) is 0 Å². The lowest BCUT2D eigenvalue weighted by molar-refractivity contribution is 0.0891. The summed E-state index contributed by atoms with van der Waals surface area (Å²) in [4.78, 5) is 4.58. The lowest BCUT2D eigenvalue weighted by atomic mass is 10.1. The van der Waals surface area contributed by atoms with Crippen molar-refractivity contribution < 1.29 is 9.47 Å². The van der Waals surface area contributed by atoms with Crippen molar-refractivity contribution >= 4 is 10.9 Å². The van der Waals surface area contributed by atoms with Crippen LogP contribution in [0, 0.1) is 0 Å². The van der Waals surface area contributed by atoms with Crippen LogP contribution >= 0.6 is 0 Å². The Kier molecular flexibility index (Phi) is 5.53. The van der Waals surface area contributed by atoms with Crippen LogP contribution in [0.1, 0.15) is 26.3 Å². The summed E-state index contributed by atoms with van der Waals surface area (Å²) in [5.74, 6) is 0.652. The Morgan fingerprint density at radius 3 is 2.67 bits per heavy atom. The molecule has 0 amide bonds. The number of aromatic nitrogens is 1. The van der Waals surface area contributed by atoms with E-state index in [4.69, 9.17) is 9.47 Å². The third-order valence-electron chi connectivity index (χ3n) is 3.20. The Morgan fingerprint density at radius 1 is 1.19 bits per heavy atom. The van der Waals surface area contributed by atoms with Gasteiger partial charge in [0, 0.05) is 31.1 Å². The molecule has 0 fully saturated rings. The molecular weight excluding hydrogens is 264 g/mol. The maximum Gasteiger partial charge on any atom is 0.214 e. The van der Waals surface area contributed by atoms with Crippen LogP contribution in [0.2, 0.25) is 0 Å². The highest BCUT2D eigenvalue weighted by molar-refractivity contribution is 5.82. The number of nitrogens with one attached hydrogen (secondary N) is 1. The van der Waals surface area contributed by atoms with Gasteiger partial charge in [-0.05, 0) is 18.6 Å². The van der Waals surface area contributed by atoms with E-state index in [1.807, 2.05) is 31.2 Å². The number of hydrogen-bond donors (Lipinski definition) is 1. The summed E-state index contributed by atoms with van der Waals surface area (Å²) >= 11 is 0. The van der Waals surface area contributed by atoms with Gasteiger partial charge in [0.25, 0.3) is 0 Å². The monoisotopic (exact) mass is 288 g/mol. The molecule has 2 aromatic rings. The average molecular weight is 288 g/mol. The van der Waals surface area contributed by atoms with Crippen LogP contribution in [0.5, 0.6) is 5.88 Å². The van der Waals surface area contributed by atoms with Crippen LogP contribution in [0.25, 0.3) is 10.9 Å². The first-order valence-corrected chi connectivity index (χ1v) is 7.37. The lowest BCUT2D eigenvalue weighted by Gasteiger charge is -2.16. The molecule has 0 aliphatic rings. The molecule has 1 aromatic heterocycles. The Morgan fingerprint density at radius 2 is 1.95 bits per heavy atom. The van der Waals surface area contributed by atoms with Gasteiger partial charge < -0.3 is 14.8 Å². The Bertz CT molecular complexity index is 584. The summed E-state index contributed by atoms with van der Waals surface area (Å²) in [6, 6.07) is 10.6. The predicted octanol–water partition coefficient (Wildman–Crippen LogP) is 3.15. The third kappa shape index (κ3) is 4.41. The Balaban J connectivity index is 2.30. The van der Waals surface area contributed by atoms with E-state index in [0.29, 0.717) is 18.5 Å². The van der Waals surface area contributed by atoms with Crippen LogP contribution in [-0.2, 0) is 11.3 Å². The van der Waals surface area contributed by atoms with Gasteiger partial charge in [0.2, 0.25) is 5.88 Å². The van der Waals surface area contributed by atoms with Crippen molar-refractivity contribution in [3.8, 4) is 5.88 Å². The first-order valence-electron chi connectivity index (χ1n) is 7.37. The maximum absolute atomic E-state index is 5.85. The number of benzene rings is 1. The number of para-hydroxylation sites is 1. The quantitative estimate of drug-likeness (QED) is 0.850. The largest absolute Gasteiger partial charge is 0.472 e. The minimum absolute atomic E-state index is 0.0189. The van der Waals surface area contributed by atoms with E-state index >= 15 is 0 Å². The minimum atomic E-state index is -0.0189.